The summed E-state index contributed by atoms with van der Waals surface area (Å²) in [6.07, 6.45) is -0.329. The second-order valence-electron chi connectivity index (χ2n) is 4.84. The molecule has 0 spiro atoms. The Balaban J connectivity index is 2.08. The summed E-state index contributed by atoms with van der Waals surface area (Å²) in [7, 11) is 4.12. The molecule has 7 nitrogen and oxygen atoms in total. The molecule has 2 atom stereocenters. The molecule has 1 fully saturated rings. The molecule has 0 aliphatic carbocycles. The Morgan fingerprint density at radius 3 is 3.00 bits per heavy atom. The number of aliphatic hydroxyl groups is 1. The molecule has 0 aromatic carbocycles. The quantitative estimate of drug-likeness (QED) is 0.740. The van der Waals surface area contributed by atoms with E-state index in [2.05, 4.69) is 27.0 Å². The van der Waals surface area contributed by atoms with Gasteiger partial charge in [0.25, 0.3) is 5.89 Å². The largest absolute Gasteiger partial charge is 0.383 e. The monoisotopic (exact) mass is 255 g/mol. The molecular formula is C11H21N5O2. The van der Waals surface area contributed by atoms with Crippen LogP contribution in [0.3, 0.4) is 0 Å². The molecule has 0 bridgehead atoms. The van der Waals surface area contributed by atoms with Gasteiger partial charge in [0.05, 0.1) is 6.04 Å². The van der Waals surface area contributed by atoms with Crippen molar-refractivity contribution in [3.8, 4) is 0 Å². The smallest absolute Gasteiger partial charge is 0.255 e. The summed E-state index contributed by atoms with van der Waals surface area (Å²) in [6.45, 7) is 3.26. The number of piperazine rings is 1. The van der Waals surface area contributed by atoms with Gasteiger partial charge in [0.2, 0.25) is 0 Å². The van der Waals surface area contributed by atoms with Crippen molar-refractivity contribution in [3.63, 3.8) is 0 Å². The van der Waals surface area contributed by atoms with Crippen LogP contribution in [-0.4, -0.2) is 65.3 Å². The number of hydrogen-bond donors (Lipinski definition) is 2. The predicted molar refractivity (Wildman–Crippen MR) is 65.8 cm³/mol. The van der Waals surface area contributed by atoms with Crippen molar-refractivity contribution < 1.29 is 9.63 Å². The fourth-order valence-corrected chi connectivity index (χ4v) is 2.09. The van der Waals surface area contributed by atoms with Crippen molar-refractivity contribution >= 4 is 0 Å². The number of hydrogen-bond acceptors (Lipinski definition) is 7. The maximum atomic E-state index is 9.75. The molecule has 1 aliphatic heterocycles. The van der Waals surface area contributed by atoms with Gasteiger partial charge in [-0.05, 0) is 27.1 Å². The Bertz CT molecular complexity index is 383. The van der Waals surface area contributed by atoms with Gasteiger partial charge in [0, 0.05) is 19.6 Å². The molecule has 18 heavy (non-hydrogen) atoms. The molecule has 2 rings (SSSR count). The minimum atomic E-state index is -0.761. The Morgan fingerprint density at radius 1 is 1.50 bits per heavy atom. The summed E-state index contributed by atoms with van der Waals surface area (Å²) in [5.41, 5.74) is 5.39. The van der Waals surface area contributed by atoms with Crippen molar-refractivity contribution in [2.75, 3.05) is 40.3 Å². The fourth-order valence-electron chi connectivity index (χ4n) is 2.09. The first-order valence-electron chi connectivity index (χ1n) is 6.22. The Morgan fingerprint density at radius 2 is 2.28 bits per heavy atom. The molecule has 102 valence electrons. The second kappa shape index (κ2) is 5.75. The van der Waals surface area contributed by atoms with Gasteiger partial charge in [0.1, 0.15) is 6.10 Å². The maximum Gasteiger partial charge on any atom is 0.255 e. The zero-order valence-electron chi connectivity index (χ0n) is 10.9. The minimum Gasteiger partial charge on any atom is -0.383 e. The molecule has 1 aromatic rings. The van der Waals surface area contributed by atoms with Crippen LogP contribution in [0.25, 0.3) is 0 Å². The van der Waals surface area contributed by atoms with E-state index in [1.54, 1.807) is 0 Å². The van der Waals surface area contributed by atoms with E-state index in [1.165, 1.54) is 0 Å². The number of aliphatic hydroxyl groups excluding tert-OH is 1. The van der Waals surface area contributed by atoms with Crippen LogP contribution in [0.1, 0.15) is 30.3 Å². The summed E-state index contributed by atoms with van der Waals surface area (Å²) in [5, 5.41) is 13.7. The molecule has 0 amide bonds. The second-order valence-corrected chi connectivity index (χ2v) is 4.84. The number of aromatic nitrogens is 2. The highest BCUT2D eigenvalue weighted by atomic mass is 16.5. The number of nitrogens with zero attached hydrogens (tertiary/aromatic N) is 4. The first-order chi connectivity index (χ1) is 8.61. The maximum absolute atomic E-state index is 9.75. The van der Waals surface area contributed by atoms with Gasteiger partial charge in [-0.15, -0.1) is 0 Å². The summed E-state index contributed by atoms with van der Waals surface area (Å²) in [4.78, 5) is 8.72. The normalized spacial score (nSPS) is 24.3. The molecule has 0 saturated carbocycles. The van der Waals surface area contributed by atoms with Gasteiger partial charge in [-0.1, -0.05) is 5.16 Å². The summed E-state index contributed by atoms with van der Waals surface area (Å²) >= 11 is 0. The third-order valence-corrected chi connectivity index (χ3v) is 3.33. The lowest BCUT2D eigenvalue weighted by atomic mass is 10.2. The van der Waals surface area contributed by atoms with Crippen LogP contribution in [0.2, 0.25) is 0 Å². The Kier molecular flexibility index (Phi) is 4.28. The Hall–Kier alpha value is -1.02. The van der Waals surface area contributed by atoms with E-state index < -0.39 is 6.10 Å². The van der Waals surface area contributed by atoms with Crippen molar-refractivity contribution in [1.82, 2.24) is 19.9 Å². The molecule has 1 aromatic heterocycles. The van der Waals surface area contributed by atoms with Crippen LogP contribution in [0.5, 0.6) is 0 Å². The first kappa shape index (κ1) is 13.4. The van der Waals surface area contributed by atoms with E-state index in [-0.39, 0.29) is 11.9 Å². The number of nitrogens with two attached hydrogens (primary N) is 1. The van der Waals surface area contributed by atoms with E-state index >= 15 is 0 Å². The van der Waals surface area contributed by atoms with Crippen LogP contribution in [0.15, 0.2) is 4.52 Å². The van der Waals surface area contributed by atoms with Gasteiger partial charge in [-0.25, -0.2) is 0 Å². The van der Waals surface area contributed by atoms with E-state index in [4.69, 9.17) is 10.3 Å². The summed E-state index contributed by atoms with van der Waals surface area (Å²) in [5.74, 6) is 0.896. The van der Waals surface area contributed by atoms with Gasteiger partial charge < -0.3 is 20.3 Å². The van der Waals surface area contributed by atoms with E-state index in [1.807, 2.05) is 7.05 Å². The highest BCUT2D eigenvalue weighted by Gasteiger charge is 2.28. The van der Waals surface area contributed by atoms with Crippen LogP contribution in [-0.2, 0) is 0 Å². The average Bonchev–Trinajstić information content (AvgIpc) is 2.82. The van der Waals surface area contributed by atoms with Crippen molar-refractivity contribution in [2.45, 2.75) is 18.6 Å². The number of rotatable bonds is 4. The predicted octanol–water partition coefficient (Wildman–Crippen LogP) is -0.630. The molecule has 0 radical (unpaired) electrons. The van der Waals surface area contributed by atoms with E-state index in [9.17, 15) is 5.11 Å². The van der Waals surface area contributed by atoms with Crippen LogP contribution in [0.4, 0.5) is 0 Å². The highest BCUT2D eigenvalue weighted by molar-refractivity contribution is 4.99. The molecule has 1 saturated heterocycles. The van der Waals surface area contributed by atoms with Gasteiger partial charge in [-0.3, -0.25) is 4.90 Å². The number of likely N-dealkylation sites (N-methyl/N-ethyl adjacent to an activating group) is 2. The van der Waals surface area contributed by atoms with Crippen molar-refractivity contribution in [2.24, 2.45) is 5.73 Å². The lowest BCUT2D eigenvalue weighted by molar-refractivity contribution is 0.107. The van der Waals surface area contributed by atoms with E-state index in [0.29, 0.717) is 18.8 Å². The molecule has 2 heterocycles. The van der Waals surface area contributed by atoms with Gasteiger partial charge in [0.15, 0.2) is 5.82 Å². The molecule has 1 unspecified atom stereocenters. The van der Waals surface area contributed by atoms with Gasteiger partial charge in [-0.2, -0.15) is 4.98 Å². The lowest BCUT2D eigenvalue weighted by Crippen LogP contribution is -2.45. The topological polar surface area (TPSA) is 91.7 Å². The first-order valence-corrected chi connectivity index (χ1v) is 6.22. The van der Waals surface area contributed by atoms with Crippen LogP contribution in [0, 0.1) is 0 Å². The average molecular weight is 255 g/mol. The molecule has 3 N–H and O–H groups in total. The third kappa shape index (κ3) is 2.86. The fraction of sp³-hybridized carbons (Fsp3) is 0.818. The van der Waals surface area contributed by atoms with E-state index in [0.717, 1.165) is 19.6 Å². The molecular weight excluding hydrogens is 234 g/mol. The molecule has 1 aliphatic rings. The lowest BCUT2D eigenvalue weighted by Gasteiger charge is -2.35. The highest BCUT2D eigenvalue weighted by Crippen LogP contribution is 2.22. The van der Waals surface area contributed by atoms with Gasteiger partial charge >= 0.3 is 0 Å². The van der Waals surface area contributed by atoms with Crippen molar-refractivity contribution in [3.05, 3.63) is 11.7 Å². The van der Waals surface area contributed by atoms with Crippen LogP contribution < -0.4 is 5.73 Å². The van der Waals surface area contributed by atoms with Crippen LogP contribution >= 0.6 is 0 Å². The zero-order valence-corrected chi connectivity index (χ0v) is 10.9. The third-order valence-electron chi connectivity index (χ3n) is 3.33. The standard InChI is InChI=1S/C11H21N5O2/c1-15-5-6-16(2)8(7-15)10-13-11(18-14-10)9(17)3-4-12/h8-9,17H,3-7,12H2,1-2H3/t8?,9-/m0/s1. The SMILES string of the molecule is CN1CCN(C)C(c2noc([C@@H](O)CCN)n2)C1. The Labute approximate surface area is 107 Å². The summed E-state index contributed by atoms with van der Waals surface area (Å²) in [6, 6.07) is 0.117. The van der Waals surface area contributed by atoms with Crippen molar-refractivity contribution in [1.29, 1.82) is 0 Å². The molecule has 7 heteroatoms. The summed E-state index contributed by atoms with van der Waals surface area (Å²) < 4.78 is 5.10. The zero-order chi connectivity index (χ0) is 13.1. The minimum absolute atomic E-state index is 0.117.